The highest BCUT2D eigenvalue weighted by Gasteiger charge is 2.27. The van der Waals surface area contributed by atoms with Crippen LogP contribution in [0.15, 0.2) is 77.7 Å². The number of aromatic nitrogens is 5. The first-order valence-electron chi connectivity index (χ1n) is 10.8. The van der Waals surface area contributed by atoms with Crippen molar-refractivity contribution in [3.8, 4) is 11.4 Å². The highest BCUT2D eigenvalue weighted by atomic mass is 16.3. The minimum absolute atomic E-state index is 0.142. The number of piperazine rings is 1. The summed E-state index contributed by atoms with van der Waals surface area (Å²) >= 11 is 0. The summed E-state index contributed by atoms with van der Waals surface area (Å²) in [4.78, 5) is 22.0. The van der Waals surface area contributed by atoms with Gasteiger partial charge in [0.2, 0.25) is 0 Å². The van der Waals surface area contributed by atoms with Gasteiger partial charge in [0, 0.05) is 56.8 Å². The van der Waals surface area contributed by atoms with E-state index in [-0.39, 0.29) is 5.91 Å². The molecule has 1 fully saturated rings. The first kappa shape index (κ1) is 20.8. The van der Waals surface area contributed by atoms with Crippen LogP contribution < -0.4 is 0 Å². The molecule has 166 valence electrons. The molecule has 0 aliphatic carbocycles. The number of hydrogen-bond donors (Lipinski definition) is 0. The molecule has 5 rings (SSSR count). The van der Waals surface area contributed by atoms with Gasteiger partial charge in [0.1, 0.15) is 11.5 Å². The molecular formula is C24H23N7O2. The normalized spacial score (nSPS) is 15.0. The third kappa shape index (κ3) is 4.73. The lowest BCUT2D eigenvalue weighted by atomic mass is 10.2. The number of tetrazole rings is 1. The summed E-state index contributed by atoms with van der Waals surface area (Å²) in [7, 11) is 0. The van der Waals surface area contributed by atoms with E-state index in [0.29, 0.717) is 30.4 Å². The van der Waals surface area contributed by atoms with Crippen LogP contribution in [0.1, 0.15) is 11.3 Å². The average molecular weight is 441 g/mol. The highest BCUT2D eigenvalue weighted by Crippen LogP contribution is 2.22. The molecule has 1 aliphatic heterocycles. The molecule has 0 spiro atoms. The maximum Gasteiger partial charge on any atom is 0.272 e. The smallest absolute Gasteiger partial charge is 0.272 e. The van der Waals surface area contributed by atoms with E-state index in [2.05, 4.69) is 31.5 Å². The lowest BCUT2D eigenvalue weighted by Gasteiger charge is -2.35. The van der Waals surface area contributed by atoms with Gasteiger partial charge in [0.05, 0.1) is 6.26 Å². The summed E-state index contributed by atoms with van der Waals surface area (Å²) in [5, 5.41) is 12.2. The number of carbonyl (C=O) groups is 1. The van der Waals surface area contributed by atoms with Crippen molar-refractivity contribution in [2.45, 2.75) is 6.54 Å². The molecule has 4 heterocycles. The minimum atomic E-state index is -0.142. The van der Waals surface area contributed by atoms with Crippen molar-refractivity contribution in [3.05, 3.63) is 84.6 Å². The number of nitrogens with zero attached hydrogens (tertiary/aromatic N) is 7. The number of furan rings is 1. The summed E-state index contributed by atoms with van der Waals surface area (Å²) in [6.07, 6.45) is 6.91. The predicted octanol–water partition coefficient (Wildman–Crippen LogP) is 2.67. The summed E-state index contributed by atoms with van der Waals surface area (Å²) in [5.74, 6) is 0.914. The van der Waals surface area contributed by atoms with Crippen LogP contribution in [0.3, 0.4) is 0 Å². The van der Waals surface area contributed by atoms with E-state index in [4.69, 9.17) is 4.42 Å². The van der Waals surface area contributed by atoms with E-state index in [1.165, 1.54) is 4.68 Å². The maximum absolute atomic E-state index is 13.6. The largest absolute Gasteiger partial charge is 0.465 e. The Labute approximate surface area is 191 Å². The summed E-state index contributed by atoms with van der Waals surface area (Å²) in [6, 6.07) is 17.2. The minimum Gasteiger partial charge on any atom is -0.465 e. The number of hydrogen-bond acceptors (Lipinski definition) is 7. The number of pyridine rings is 1. The van der Waals surface area contributed by atoms with E-state index in [9.17, 15) is 4.79 Å². The van der Waals surface area contributed by atoms with Gasteiger partial charge in [0.25, 0.3) is 5.91 Å². The quantitative estimate of drug-likeness (QED) is 0.425. The molecule has 0 unspecified atom stereocenters. The van der Waals surface area contributed by atoms with E-state index >= 15 is 0 Å². The Morgan fingerprint density at radius 3 is 2.58 bits per heavy atom. The van der Waals surface area contributed by atoms with Gasteiger partial charge >= 0.3 is 0 Å². The molecule has 0 radical (unpaired) electrons. The van der Waals surface area contributed by atoms with E-state index in [0.717, 1.165) is 30.8 Å². The molecule has 1 amide bonds. The molecule has 0 bridgehead atoms. The van der Waals surface area contributed by atoms with Crippen molar-refractivity contribution in [2.24, 2.45) is 0 Å². The molecular weight excluding hydrogens is 418 g/mol. The summed E-state index contributed by atoms with van der Waals surface area (Å²) in [6.45, 7) is 3.58. The van der Waals surface area contributed by atoms with Crippen LogP contribution in [-0.4, -0.2) is 67.1 Å². The Morgan fingerprint density at radius 2 is 1.85 bits per heavy atom. The second-order valence-electron chi connectivity index (χ2n) is 7.75. The fourth-order valence-corrected chi connectivity index (χ4v) is 3.86. The third-order valence-corrected chi connectivity index (χ3v) is 5.56. The molecule has 33 heavy (non-hydrogen) atoms. The van der Waals surface area contributed by atoms with Crippen molar-refractivity contribution in [1.29, 1.82) is 0 Å². The Morgan fingerprint density at radius 1 is 1.00 bits per heavy atom. The number of rotatable bonds is 6. The van der Waals surface area contributed by atoms with Crippen molar-refractivity contribution < 1.29 is 9.21 Å². The van der Waals surface area contributed by atoms with Crippen molar-refractivity contribution in [3.63, 3.8) is 0 Å². The van der Waals surface area contributed by atoms with Crippen molar-refractivity contribution in [1.82, 2.24) is 35.0 Å². The molecule has 4 aromatic rings. The fourth-order valence-electron chi connectivity index (χ4n) is 3.86. The Balaban J connectivity index is 1.38. The van der Waals surface area contributed by atoms with Gasteiger partial charge in [-0.2, -0.15) is 4.68 Å². The number of amides is 1. The molecule has 0 saturated carbocycles. The van der Waals surface area contributed by atoms with Crippen LogP contribution in [0.5, 0.6) is 0 Å². The lowest BCUT2D eigenvalue weighted by molar-refractivity contribution is -0.127. The first-order chi connectivity index (χ1) is 16.3. The van der Waals surface area contributed by atoms with E-state index < -0.39 is 0 Å². The molecule has 1 saturated heterocycles. The number of carbonyl (C=O) groups excluding carboxylic acids is 1. The highest BCUT2D eigenvalue weighted by molar-refractivity contribution is 6.18. The fraction of sp³-hybridized carbons (Fsp3) is 0.208. The molecule has 3 aromatic heterocycles. The zero-order valence-corrected chi connectivity index (χ0v) is 18.0. The molecule has 0 N–H and O–H groups in total. The topological polar surface area (TPSA) is 93.2 Å². The number of benzene rings is 1. The second kappa shape index (κ2) is 9.58. The molecule has 1 aliphatic rings. The van der Waals surface area contributed by atoms with E-state index in [1.807, 2.05) is 47.5 Å². The molecule has 0 atom stereocenters. The van der Waals surface area contributed by atoms with Crippen LogP contribution >= 0.6 is 0 Å². The van der Waals surface area contributed by atoms with Gasteiger partial charge < -0.3 is 9.32 Å². The summed E-state index contributed by atoms with van der Waals surface area (Å²) < 4.78 is 6.97. The van der Waals surface area contributed by atoms with Gasteiger partial charge in [-0.15, -0.1) is 5.10 Å². The zero-order valence-electron chi connectivity index (χ0n) is 18.0. The standard InChI is InChI=1S/C24H23N7O2/c32-24(30-13-11-29(12-14-30)18-19-6-4-10-25-17-19)22(16-21-9-5-15-33-21)31-23(26-27-28-31)20-7-2-1-3-8-20/h1-10,15-17H,11-14,18H2/b22-16-. The van der Waals surface area contributed by atoms with Crippen LogP contribution in [-0.2, 0) is 11.3 Å². The van der Waals surface area contributed by atoms with Crippen molar-refractivity contribution >= 4 is 17.7 Å². The first-order valence-corrected chi connectivity index (χ1v) is 10.8. The van der Waals surface area contributed by atoms with E-state index in [1.54, 1.807) is 30.7 Å². The van der Waals surface area contributed by atoms with Crippen LogP contribution in [0, 0.1) is 0 Å². The van der Waals surface area contributed by atoms with Crippen LogP contribution in [0.2, 0.25) is 0 Å². The molecule has 1 aromatic carbocycles. The molecule has 9 heteroatoms. The Hall–Kier alpha value is -4.11. The van der Waals surface area contributed by atoms with Crippen LogP contribution in [0.25, 0.3) is 23.2 Å². The lowest BCUT2D eigenvalue weighted by Crippen LogP contribution is -2.48. The van der Waals surface area contributed by atoms with Gasteiger partial charge in [0.15, 0.2) is 5.82 Å². The third-order valence-electron chi connectivity index (χ3n) is 5.56. The molecule has 9 nitrogen and oxygen atoms in total. The summed E-state index contributed by atoms with van der Waals surface area (Å²) in [5.41, 5.74) is 2.33. The zero-order chi connectivity index (χ0) is 22.5. The monoisotopic (exact) mass is 441 g/mol. The van der Waals surface area contributed by atoms with Gasteiger partial charge in [-0.05, 0) is 34.2 Å². The van der Waals surface area contributed by atoms with Crippen LogP contribution in [0.4, 0.5) is 0 Å². The SMILES string of the molecule is O=C(/C(=C/c1ccco1)n1nnnc1-c1ccccc1)N1CCN(Cc2cccnc2)CC1. The second-order valence-corrected chi connectivity index (χ2v) is 7.75. The Kier molecular flexibility index (Phi) is 6.03. The maximum atomic E-state index is 13.6. The predicted molar refractivity (Wildman–Crippen MR) is 122 cm³/mol. The van der Waals surface area contributed by atoms with Gasteiger partial charge in [-0.1, -0.05) is 36.4 Å². The Bertz CT molecular complexity index is 1210. The van der Waals surface area contributed by atoms with Gasteiger partial charge in [-0.25, -0.2) is 0 Å². The van der Waals surface area contributed by atoms with Crippen molar-refractivity contribution in [2.75, 3.05) is 26.2 Å². The average Bonchev–Trinajstić information content (AvgIpc) is 3.56. The van der Waals surface area contributed by atoms with Gasteiger partial charge in [-0.3, -0.25) is 14.7 Å².